The van der Waals surface area contributed by atoms with Gasteiger partial charge in [-0.25, -0.2) is 9.97 Å². The van der Waals surface area contributed by atoms with E-state index >= 15 is 0 Å². The quantitative estimate of drug-likeness (QED) is 0.354. The van der Waals surface area contributed by atoms with Crippen LogP contribution < -0.4 is 14.7 Å². The molecule has 7 nitrogen and oxygen atoms in total. The summed E-state index contributed by atoms with van der Waals surface area (Å²) in [6.07, 6.45) is 7.20. The van der Waals surface area contributed by atoms with Crippen LogP contribution in [0.4, 0.5) is 17.2 Å². The van der Waals surface area contributed by atoms with Crippen molar-refractivity contribution >= 4 is 28.1 Å². The van der Waals surface area contributed by atoms with E-state index in [0.29, 0.717) is 5.92 Å². The second-order valence-corrected chi connectivity index (χ2v) is 12.9. The highest BCUT2D eigenvalue weighted by molar-refractivity contribution is 5.92. The Morgan fingerprint density at radius 1 is 0.927 bits per heavy atom. The summed E-state index contributed by atoms with van der Waals surface area (Å²) < 4.78 is 5.54. The smallest absolute Gasteiger partial charge is 0.140 e. The van der Waals surface area contributed by atoms with Crippen LogP contribution in [0.15, 0.2) is 42.5 Å². The van der Waals surface area contributed by atoms with Crippen molar-refractivity contribution in [3.8, 4) is 0 Å². The summed E-state index contributed by atoms with van der Waals surface area (Å²) in [6.45, 7) is 10.2. The molecule has 6 rings (SSSR count). The van der Waals surface area contributed by atoms with Gasteiger partial charge in [0, 0.05) is 82.6 Å². The third-order valence-electron chi connectivity index (χ3n) is 9.86. The van der Waals surface area contributed by atoms with Gasteiger partial charge < -0.3 is 19.4 Å². The van der Waals surface area contributed by atoms with Gasteiger partial charge in [-0.3, -0.25) is 4.90 Å². The molecule has 2 saturated heterocycles. The van der Waals surface area contributed by atoms with E-state index in [1.165, 1.54) is 48.0 Å². The molecule has 3 aromatic rings. The monoisotopic (exact) mass is 556 g/mol. The number of morpholine rings is 1. The van der Waals surface area contributed by atoms with E-state index in [2.05, 4.69) is 90.1 Å². The fourth-order valence-electron chi connectivity index (χ4n) is 7.12. The van der Waals surface area contributed by atoms with Crippen molar-refractivity contribution in [3.63, 3.8) is 0 Å². The Morgan fingerprint density at radius 2 is 1.66 bits per heavy atom. The number of para-hydroxylation sites is 1. The van der Waals surface area contributed by atoms with Crippen molar-refractivity contribution in [3.05, 3.63) is 53.9 Å². The molecule has 0 amide bonds. The molecule has 2 aliphatic heterocycles. The number of ether oxygens (including phenoxy) is 1. The Labute approximate surface area is 246 Å². The molecule has 220 valence electrons. The number of rotatable bonds is 8. The van der Waals surface area contributed by atoms with Crippen LogP contribution in [0.25, 0.3) is 10.9 Å². The fraction of sp³-hybridized carbons (Fsp3) is 0.588. The lowest BCUT2D eigenvalue weighted by Gasteiger charge is -2.36. The third-order valence-corrected chi connectivity index (χ3v) is 9.86. The molecule has 3 aliphatic rings. The average molecular weight is 557 g/mol. The zero-order valence-corrected chi connectivity index (χ0v) is 25.6. The minimum atomic E-state index is 0.0829. The maximum Gasteiger partial charge on any atom is 0.140 e. The van der Waals surface area contributed by atoms with Gasteiger partial charge in [0.2, 0.25) is 0 Å². The molecule has 3 fully saturated rings. The van der Waals surface area contributed by atoms with Crippen LogP contribution in [0.5, 0.6) is 0 Å². The normalized spacial score (nSPS) is 20.0. The summed E-state index contributed by atoms with van der Waals surface area (Å²) in [5.41, 5.74) is 5.24. The molecule has 0 bridgehead atoms. The first-order chi connectivity index (χ1) is 19.9. The van der Waals surface area contributed by atoms with Crippen molar-refractivity contribution in [1.82, 2.24) is 14.9 Å². The maximum atomic E-state index is 5.54. The Hall–Kier alpha value is -2.90. The molecule has 2 aromatic carbocycles. The van der Waals surface area contributed by atoms with Crippen molar-refractivity contribution in [2.75, 3.05) is 88.3 Å². The van der Waals surface area contributed by atoms with Crippen LogP contribution in [0.3, 0.4) is 0 Å². The first-order valence-corrected chi connectivity index (χ1v) is 15.8. The molecule has 0 N–H and O–H groups in total. The van der Waals surface area contributed by atoms with Crippen molar-refractivity contribution in [2.24, 2.45) is 0 Å². The summed E-state index contributed by atoms with van der Waals surface area (Å²) in [4.78, 5) is 20.3. The number of piperidine rings is 1. The number of hydrogen-bond donors (Lipinski definition) is 0. The summed E-state index contributed by atoms with van der Waals surface area (Å²) in [7, 11) is 6.52. The molecule has 7 heteroatoms. The highest BCUT2D eigenvalue weighted by atomic mass is 16.5. The number of benzene rings is 2. The molecule has 1 aromatic heterocycles. The first kappa shape index (κ1) is 28.2. The number of aromatic nitrogens is 2. The minimum Gasteiger partial charge on any atom is -0.379 e. The van der Waals surface area contributed by atoms with E-state index in [1.54, 1.807) is 0 Å². The summed E-state index contributed by atoms with van der Waals surface area (Å²) in [6, 6.07) is 15.8. The Kier molecular flexibility index (Phi) is 8.36. The van der Waals surface area contributed by atoms with Gasteiger partial charge in [0.15, 0.2) is 0 Å². The predicted molar refractivity (Wildman–Crippen MR) is 171 cm³/mol. The SMILES string of the molecule is CN(C)c1ccccc1C1CCN(c2nc(C3(C)CCCC3)nc3ccc(N(C)CCN4CCOCC4)cc23)CC1. The largest absolute Gasteiger partial charge is 0.379 e. The number of likely N-dealkylation sites (N-methyl/N-ethyl adjacent to an activating group) is 1. The van der Waals surface area contributed by atoms with Crippen LogP contribution >= 0.6 is 0 Å². The van der Waals surface area contributed by atoms with Gasteiger partial charge in [-0.1, -0.05) is 38.0 Å². The molecule has 3 heterocycles. The van der Waals surface area contributed by atoms with Crippen LogP contribution in [0.2, 0.25) is 0 Å². The highest BCUT2D eigenvalue weighted by Gasteiger charge is 2.35. The van der Waals surface area contributed by atoms with Crippen molar-refractivity contribution < 1.29 is 4.74 Å². The summed E-state index contributed by atoms with van der Waals surface area (Å²) >= 11 is 0. The molecule has 1 aliphatic carbocycles. The molecule has 0 spiro atoms. The van der Waals surface area contributed by atoms with E-state index in [9.17, 15) is 0 Å². The lowest BCUT2D eigenvalue weighted by molar-refractivity contribution is 0.0393. The van der Waals surface area contributed by atoms with Gasteiger partial charge >= 0.3 is 0 Å². The second-order valence-electron chi connectivity index (χ2n) is 12.9. The number of nitrogens with zero attached hydrogens (tertiary/aromatic N) is 6. The molecule has 41 heavy (non-hydrogen) atoms. The third kappa shape index (κ3) is 6.02. The Morgan fingerprint density at radius 3 is 2.39 bits per heavy atom. The van der Waals surface area contributed by atoms with Crippen molar-refractivity contribution in [1.29, 1.82) is 0 Å². The van der Waals surface area contributed by atoms with E-state index in [4.69, 9.17) is 14.7 Å². The van der Waals surface area contributed by atoms with E-state index in [-0.39, 0.29) is 5.41 Å². The van der Waals surface area contributed by atoms with Crippen LogP contribution in [0.1, 0.15) is 62.8 Å². The fourth-order valence-corrected chi connectivity index (χ4v) is 7.12. The Balaban J connectivity index is 1.28. The van der Waals surface area contributed by atoms with Gasteiger partial charge in [0.05, 0.1) is 18.7 Å². The molecular formula is C34H48N6O. The van der Waals surface area contributed by atoms with Crippen LogP contribution in [-0.4, -0.2) is 88.5 Å². The average Bonchev–Trinajstić information content (AvgIpc) is 3.47. The molecular weight excluding hydrogens is 508 g/mol. The van der Waals surface area contributed by atoms with Gasteiger partial charge in [-0.05, 0) is 61.4 Å². The standard InChI is InChI=1S/C34H48N6O/c1-34(15-7-8-16-34)33-35-30-12-11-27(38(4)19-20-39-21-23-41-24-22-39)25-29(30)32(36-33)40-17-13-26(14-18-40)28-9-5-6-10-31(28)37(2)3/h5-6,9-12,25-26H,7-8,13-24H2,1-4H3. The molecule has 0 unspecified atom stereocenters. The van der Waals surface area contributed by atoms with E-state index in [1.807, 2.05) is 0 Å². The molecule has 0 atom stereocenters. The maximum absolute atomic E-state index is 5.54. The minimum absolute atomic E-state index is 0.0829. The lowest BCUT2D eigenvalue weighted by atomic mass is 9.87. The van der Waals surface area contributed by atoms with Crippen LogP contribution in [-0.2, 0) is 10.2 Å². The van der Waals surface area contributed by atoms with Crippen LogP contribution in [0, 0.1) is 0 Å². The molecule has 1 saturated carbocycles. The predicted octanol–water partition coefficient (Wildman–Crippen LogP) is 5.68. The highest BCUT2D eigenvalue weighted by Crippen LogP contribution is 2.42. The zero-order chi connectivity index (χ0) is 28.4. The van der Waals surface area contributed by atoms with Gasteiger partial charge in [-0.2, -0.15) is 0 Å². The zero-order valence-electron chi connectivity index (χ0n) is 25.6. The number of anilines is 3. The number of hydrogen-bond acceptors (Lipinski definition) is 7. The Bertz CT molecular complexity index is 1320. The topological polar surface area (TPSA) is 48.0 Å². The summed E-state index contributed by atoms with van der Waals surface area (Å²) in [5, 5.41) is 1.19. The van der Waals surface area contributed by atoms with Crippen molar-refractivity contribution in [2.45, 2.75) is 56.8 Å². The van der Waals surface area contributed by atoms with E-state index in [0.717, 1.165) is 82.5 Å². The molecule has 0 radical (unpaired) electrons. The first-order valence-electron chi connectivity index (χ1n) is 15.8. The lowest BCUT2D eigenvalue weighted by Crippen LogP contribution is -2.40. The van der Waals surface area contributed by atoms with Gasteiger partial charge in [-0.15, -0.1) is 0 Å². The summed E-state index contributed by atoms with van der Waals surface area (Å²) in [5.74, 6) is 2.76. The second kappa shape index (κ2) is 12.1. The number of fused-ring (bicyclic) bond motifs is 1. The van der Waals surface area contributed by atoms with Gasteiger partial charge in [0.25, 0.3) is 0 Å². The van der Waals surface area contributed by atoms with E-state index < -0.39 is 0 Å². The van der Waals surface area contributed by atoms with Gasteiger partial charge in [0.1, 0.15) is 11.6 Å².